The van der Waals surface area contributed by atoms with E-state index in [9.17, 15) is 0 Å². The Balaban J connectivity index is 1.95. The van der Waals surface area contributed by atoms with E-state index in [1.807, 2.05) is 13.1 Å². The third kappa shape index (κ3) is 2.33. The first kappa shape index (κ1) is 12.2. The third-order valence-corrected chi connectivity index (χ3v) is 3.36. The lowest BCUT2D eigenvalue weighted by Gasteiger charge is -2.31. The SMILES string of the molecule is CNCc1nnc(N2CC(C)Cc3ccccc32)o1. The lowest BCUT2D eigenvalue weighted by Crippen LogP contribution is -2.30. The van der Waals surface area contributed by atoms with Crippen molar-refractivity contribution in [1.29, 1.82) is 0 Å². The molecule has 0 aliphatic carbocycles. The highest BCUT2D eigenvalue weighted by molar-refractivity contribution is 5.62. The molecular weight excluding hydrogens is 240 g/mol. The van der Waals surface area contributed by atoms with E-state index in [1.54, 1.807) is 0 Å². The zero-order chi connectivity index (χ0) is 13.2. The highest BCUT2D eigenvalue weighted by atomic mass is 16.4. The van der Waals surface area contributed by atoms with Gasteiger partial charge in [0, 0.05) is 12.2 Å². The molecule has 1 N–H and O–H groups in total. The van der Waals surface area contributed by atoms with Crippen LogP contribution in [0.15, 0.2) is 28.7 Å². The predicted molar refractivity (Wildman–Crippen MR) is 73.4 cm³/mol. The van der Waals surface area contributed by atoms with Crippen molar-refractivity contribution < 1.29 is 4.42 Å². The Kier molecular flexibility index (Phi) is 3.21. The molecule has 0 radical (unpaired) electrons. The zero-order valence-corrected chi connectivity index (χ0v) is 11.3. The molecule has 0 saturated carbocycles. The van der Waals surface area contributed by atoms with E-state index in [4.69, 9.17) is 4.42 Å². The second-order valence-electron chi connectivity index (χ2n) is 5.06. The fourth-order valence-corrected chi connectivity index (χ4v) is 2.55. The van der Waals surface area contributed by atoms with Crippen molar-refractivity contribution in [2.45, 2.75) is 19.9 Å². The maximum absolute atomic E-state index is 5.71. The molecule has 3 rings (SSSR count). The van der Waals surface area contributed by atoms with Crippen LogP contribution < -0.4 is 10.2 Å². The van der Waals surface area contributed by atoms with Crippen LogP contribution in [0.3, 0.4) is 0 Å². The summed E-state index contributed by atoms with van der Waals surface area (Å²) in [5, 5.41) is 11.2. The molecule has 2 heterocycles. The smallest absolute Gasteiger partial charge is 0.322 e. The summed E-state index contributed by atoms with van der Waals surface area (Å²) >= 11 is 0. The normalized spacial score (nSPS) is 18.4. The molecule has 1 aliphatic heterocycles. The molecule has 1 aromatic heterocycles. The first-order valence-corrected chi connectivity index (χ1v) is 6.60. The van der Waals surface area contributed by atoms with E-state index >= 15 is 0 Å². The molecule has 0 amide bonds. The number of anilines is 2. The van der Waals surface area contributed by atoms with Crippen LogP contribution in [-0.4, -0.2) is 23.8 Å². The summed E-state index contributed by atoms with van der Waals surface area (Å²) in [6.07, 6.45) is 1.10. The summed E-state index contributed by atoms with van der Waals surface area (Å²) < 4.78 is 5.71. The van der Waals surface area contributed by atoms with Crippen LogP contribution >= 0.6 is 0 Å². The lowest BCUT2D eigenvalue weighted by molar-refractivity contribution is 0.463. The molecule has 0 spiro atoms. The number of aromatic nitrogens is 2. The Morgan fingerprint density at radius 1 is 1.37 bits per heavy atom. The van der Waals surface area contributed by atoms with Gasteiger partial charge in [-0.3, -0.25) is 4.90 Å². The van der Waals surface area contributed by atoms with Crippen LogP contribution in [0.1, 0.15) is 18.4 Å². The van der Waals surface area contributed by atoms with Crippen LogP contribution in [0.4, 0.5) is 11.7 Å². The van der Waals surface area contributed by atoms with Gasteiger partial charge in [0.1, 0.15) is 0 Å². The van der Waals surface area contributed by atoms with Gasteiger partial charge in [-0.2, -0.15) is 0 Å². The van der Waals surface area contributed by atoms with Gasteiger partial charge in [0.15, 0.2) is 0 Å². The van der Waals surface area contributed by atoms with Gasteiger partial charge in [0.05, 0.1) is 6.54 Å². The molecule has 1 unspecified atom stereocenters. The average Bonchev–Trinajstić information content (AvgIpc) is 2.86. The van der Waals surface area contributed by atoms with E-state index in [0.717, 1.165) is 13.0 Å². The summed E-state index contributed by atoms with van der Waals surface area (Å²) in [4.78, 5) is 2.12. The third-order valence-electron chi connectivity index (χ3n) is 3.36. The van der Waals surface area contributed by atoms with Crippen LogP contribution in [0.2, 0.25) is 0 Å². The Morgan fingerprint density at radius 3 is 3.05 bits per heavy atom. The Morgan fingerprint density at radius 2 is 2.21 bits per heavy atom. The average molecular weight is 258 g/mol. The minimum Gasteiger partial charge on any atom is -0.406 e. The van der Waals surface area contributed by atoms with Crippen molar-refractivity contribution in [3.8, 4) is 0 Å². The fraction of sp³-hybridized carbons (Fsp3) is 0.429. The Hall–Kier alpha value is -1.88. The Labute approximate surface area is 112 Å². The van der Waals surface area contributed by atoms with Crippen molar-refractivity contribution in [3.05, 3.63) is 35.7 Å². The molecule has 2 aromatic rings. The fourth-order valence-electron chi connectivity index (χ4n) is 2.55. The monoisotopic (exact) mass is 258 g/mol. The quantitative estimate of drug-likeness (QED) is 0.914. The number of nitrogens with zero attached hydrogens (tertiary/aromatic N) is 3. The second-order valence-corrected chi connectivity index (χ2v) is 5.06. The standard InChI is InChI=1S/C14H18N4O/c1-10-7-11-5-3-4-6-12(11)18(9-10)14-17-16-13(19-14)8-15-2/h3-6,10,15H,7-9H2,1-2H3. The highest BCUT2D eigenvalue weighted by Crippen LogP contribution is 2.34. The van der Waals surface area contributed by atoms with E-state index in [-0.39, 0.29) is 0 Å². The van der Waals surface area contributed by atoms with Crippen LogP contribution in [0, 0.1) is 5.92 Å². The Bertz CT molecular complexity index is 566. The molecule has 0 bridgehead atoms. The van der Waals surface area contributed by atoms with Crippen molar-refractivity contribution in [3.63, 3.8) is 0 Å². The number of hydrogen-bond acceptors (Lipinski definition) is 5. The van der Waals surface area contributed by atoms with Crippen LogP contribution in [0.5, 0.6) is 0 Å². The summed E-state index contributed by atoms with van der Waals surface area (Å²) in [5.41, 5.74) is 2.52. The summed E-state index contributed by atoms with van der Waals surface area (Å²) in [5.74, 6) is 1.20. The summed E-state index contributed by atoms with van der Waals surface area (Å²) in [6.45, 7) is 3.75. The zero-order valence-electron chi connectivity index (χ0n) is 11.3. The van der Waals surface area contributed by atoms with E-state index in [2.05, 4.69) is 45.5 Å². The van der Waals surface area contributed by atoms with Crippen LogP contribution in [0.25, 0.3) is 0 Å². The maximum atomic E-state index is 5.71. The molecule has 5 nitrogen and oxygen atoms in total. The van der Waals surface area contributed by atoms with Crippen molar-refractivity contribution in [1.82, 2.24) is 15.5 Å². The lowest BCUT2D eigenvalue weighted by atomic mass is 9.94. The number of rotatable bonds is 3. The van der Waals surface area contributed by atoms with Crippen molar-refractivity contribution >= 4 is 11.7 Å². The van der Waals surface area contributed by atoms with E-state index in [0.29, 0.717) is 24.4 Å². The second kappa shape index (κ2) is 5.01. The first-order valence-electron chi connectivity index (χ1n) is 6.60. The van der Waals surface area contributed by atoms with Crippen molar-refractivity contribution in [2.24, 2.45) is 5.92 Å². The minimum absolute atomic E-state index is 0.578. The van der Waals surface area contributed by atoms with Gasteiger partial charge in [-0.1, -0.05) is 30.2 Å². The van der Waals surface area contributed by atoms with Crippen molar-refractivity contribution in [2.75, 3.05) is 18.5 Å². The van der Waals surface area contributed by atoms with E-state index < -0.39 is 0 Å². The van der Waals surface area contributed by atoms with Gasteiger partial charge in [-0.15, -0.1) is 5.10 Å². The molecule has 100 valence electrons. The van der Waals surface area contributed by atoms with Gasteiger partial charge in [-0.05, 0) is 31.0 Å². The molecule has 19 heavy (non-hydrogen) atoms. The predicted octanol–water partition coefficient (Wildman–Crippen LogP) is 2.12. The summed E-state index contributed by atoms with van der Waals surface area (Å²) in [6, 6.07) is 9.00. The topological polar surface area (TPSA) is 54.2 Å². The molecule has 1 aliphatic rings. The van der Waals surface area contributed by atoms with Gasteiger partial charge < -0.3 is 9.73 Å². The molecule has 1 atom stereocenters. The number of benzene rings is 1. The summed E-state index contributed by atoms with van der Waals surface area (Å²) in [7, 11) is 1.86. The van der Waals surface area contributed by atoms with Crippen LogP contribution in [-0.2, 0) is 13.0 Å². The number of fused-ring (bicyclic) bond motifs is 1. The van der Waals surface area contributed by atoms with Gasteiger partial charge >= 0.3 is 6.01 Å². The van der Waals surface area contributed by atoms with E-state index in [1.165, 1.54) is 11.3 Å². The minimum atomic E-state index is 0.578. The van der Waals surface area contributed by atoms with Gasteiger partial charge in [0.2, 0.25) is 5.89 Å². The number of hydrogen-bond donors (Lipinski definition) is 1. The molecular formula is C14H18N4O. The molecule has 5 heteroatoms. The molecule has 1 aromatic carbocycles. The van der Waals surface area contributed by atoms with Gasteiger partial charge in [-0.25, -0.2) is 0 Å². The van der Waals surface area contributed by atoms with Gasteiger partial charge in [0.25, 0.3) is 0 Å². The number of para-hydroxylation sites is 1. The first-order chi connectivity index (χ1) is 9.28. The molecule has 0 fully saturated rings. The molecule has 0 saturated heterocycles. The number of nitrogens with one attached hydrogen (secondary N) is 1. The largest absolute Gasteiger partial charge is 0.406 e. The highest BCUT2D eigenvalue weighted by Gasteiger charge is 2.25. The maximum Gasteiger partial charge on any atom is 0.322 e.